The molecule has 7 heteroatoms. The number of hydrogen-bond donors (Lipinski definition) is 2. The molecule has 1 aliphatic rings. The van der Waals surface area contributed by atoms with Crippen LogP contribution in [0, 0.1) is 0 Å². The van der Waals surface area contributed by atoms with Crippen molar-refractivity contribution in [2.75, 3.05) is 26.2 Å². The zero-order chi connectivity index (χ0) is 17.2. The van der Waals surface area contributed by atoms with Crippen LogP contribution in [0.25, 0.3) is 0 Å². The number of aromatic nitrogens is 2. The summed E-state index contributed by atoms with van der Waals surface area (Å²) in [6.45, 7) is 5.45. The average Bonchev–Trinajstić information content (AvgIpc) is 2.61. The van der Waals surface area contributed by atoms with Crippen LogP contribution in [0.3, 0.4) is 0 Å². The van der Waals surface area contributed by atoms with Gasteiger partial charge in [-0.05, 0) is 32.7 Å². The second-order valence-corrected chi connectivity index (χ2v) is 6.18. The van der Waals surface area contributed by atoms with Crippen LogP contribution in [-0.2, 0) is 4.79 Å². The van der Waals surface area contributed by atoms with Gasteiger partial charge in [0.25, 0.3) is 5.91 Å². The number of amides is 2. The Morgan fingerprint density at radius 2 is 2.12 bits per heavy atom. The van der Waals surface area contributed by atoms with Gasteiger partial charge in [0.05, 0.1) is 6.20 Å². The maximum absolute atomic E-state index is 11.8. The molecular formula is C17H27N5O2. The van der Waals surface area contributed by atoms with E-state index in [1.165, 1.54) is 44.4 Å². The molecule has 2 rings (SSSR count). The van der Waals surface area contributed by atoms with Crippen LogP contribution in [0.15, 0.2) is 18.6 Å². The summed E-state index contributed by atoms with van der Waals surface area (Å²) in [6, 6.07) is 0.658. The predicted molar refractivity (Wildman–Crippen MR) is 91.5 cm³/mol. The smallest absolute Gasteiger partial charge is 0.271 e. The van der Waals surface area contributed by atoms with Crippen molar-refractivity contribution in [1.29, 1.82) is 0 Å². The maximum atomic E-state index is 11.8. The van der Waals surface area contributed by atoms with Crippen molar-refractivity contribution in [2.24, 2.45) is 0 Å². The van der Waals surface area contributed by atoms with E-state index in [-0.39, 0.29) is 23.9 Å². The fraction of sp³-hybridized carbons (Fsp3) is 0.647. The summed E-state index contributed by atoms with van der Waals surface area (Å²) in [5.41, 5.74) is 0.258. The third-order valence-corrected chi connectivity index (χ3v) is 4.32. The molecule has 0 saturated carbocycles. The summed E-state index contributed by atoms with van der Waals surface area (Å²) in [5, 5.41) is 5.57. The van der Waals surface area contributed by atoms with Gasteiger partial charge < -0.3 is 15.5 Å². The van der Waals surface area contributed by atoms with Crippen LogP contribution in [0.5, 0.6) is 0 Å². The molecule has 0 aromatic carbocycles. The normalized spacial score (nSPS) is 18.1. The average molecular weight is 333 g/mol. The van der Waals surface area contributed by atoms with Gasteiger partial charge in [-0.1, -0.05) is 6.42 Å². The Labute approximate surface area is 143 Å². The Morgan fingerprint density at radius 1 is 1.25 bits per heavy atom. The summed E-state index contributed by atoms with van der Waals surface area (Å²) in [6.07, 6.45) is 9.49. The van der Waals surface area contributed by atoms with Crippen LogP contribution in [0.2, 0.25) is 0 Å². The second kappa shape index (κ2) is 9.97. The molecule has 1 atom stereocenters. The van der Waals surface area contributed by atoms with Gasteiger partial charge in [-0.25, -0.2) is 4.98 Å². The van der Waals surface area contributed by atoms with E-state index >= 15 is 0 Å². The quantitative estimate of drug-likeness (QED) is 0.693. The lowest BCUT2D eigenvalue weighted by Gasteiger charge is -2.33. The van der Waals surface area contributed by atoms with Gasteiger partial charge >= 0.3 is 0 Å². The van der Waals surface area contributed by atoms with Gasteiger partial charge in [-0.3, -0.25) is 14.6 Å². The molecule has 24 heavy (non-hydrogen) atoms. The third kappa shape index (κ3) is 6.23. The van der Waals surface area contributed by atoms with E-state index in [4.69, 9.17) is 0 Å². The number of rotatable bonds is 8. The van der Waals surface area contributed by atoms with Gasteiger partial charge in [0.15, 0.2) is 0 Å². The Balaban J connectivity index is 1.53. The number of hydrogen-bond acceptors (Lipinski definition) is 5. The molecule has 2 N–H and O–H groups in total. The molecule has 2 heterocycles. The first-order valence-corrected chi connectivity index (χ1v) is 8.72. The monoisotopic (exact) mass is 333 g/mol. The molecule has 0 spiro atoms. The standard InChI is InChI=1S/C17H27N5O2/c1-14-5-2-3-11-22(14)12-4-7-20-16(23)6-8-21-17(24)15-13-18-9-10-19-15/h9-10,13-14H,2-8,11-12H2,1H3,(H,20,23)(H,21,24). The second-order valence-electron chi connectivity index (χ2n) is 6.18. The van der Waals surface area contributed by atoms with Crippen molar-refractivity contribution in [1.82, 2.24) is 25.5 Å². The molecule has 1 fully saturated rings. The fourth-order valence-electron chi connectivity index (χ4n) is 2.88. The van der Waals surface area contributed by atoms with Crippen molar-refractivity contribution >= 4 is 11.8 Å². The minimum Gasteiger partial charge on any atom is -0.356 e. The Kier molecular flexibility index (Phi) is 7.61. The van der Waals surface area contributed by atoms with E-state index in [0.29, 0.717) is 19.1 Å². The largest absolute Gasteiger partial charge is 0.356 e. The molecule has 1 aromatic rings. The Morgan fingerprint density at radius 3 is 2.88 bits per heavy atom. The first-order valence-electron chi connectivity index (χ1n) is 8.72. The van der Waals surface area contributed by atoms with Gasteiger partial charge in [0.2, 0.25) is 5.91 Å². The van der Waals surface area contributed by atoms with Crippen LogP contribution >= 0.6 is 0 Å². The first kappa shape index (κ1) is 18.3. The molecule has 1 aliphatic heterocycles. The molecular weight excluding hydrogens is 306 g/mol. The molecule has 1 unspecified atom stereocenters. The molecule has 1 saturated heterocycles. The highest BCUT2D eigenvalue weighted by Crippen LogP contribution is 2.15. The summed E-state index contributed by atoms with van der Waals surface area (Å²) in [4.78, 5) is 33.8. The van der Waals surface area contributed by atoms with Crippen molar-refractivity contribution in [3.05, 3.63) is 24.3 Å². The highest BCUT2D eigenvalue weighted by Gasteiger charge is 2.17. The zero-order valence-corrected chi connectivity index (χ0v) is 14.3. The molecule has 2 amide bonds. The topological polar surface area (TPSA) is 87.2 Å². The van der Waals surface area contributed by atoms with E-state index in [2.05, 4.69) is 32.4 Å². The lowest BCUT2D eigenvalue weighted by atomic mass is 10.0. The van der Waals surface area contributed by atoms with Crippen LogP contribution in [0.1, 0.15) is 49.5 Å². The summed E-state index contributed by atoms with van der Waals surface area (Å²) in [5.74, 6) is -0.351. The number of nitrogens with one attached hydrogen (secondary N) is 2. The van der Waals surface area contributed by atoms with Gasteiger partial charge in [-0.2, -0.15) is 0 Å². The van der Waals surface area contributed by atoms with E-state index in [1.54, 1.807) is 0 Å². The van der Waals surface area contributed by atoms with E-state index in [1.807, 2.05) is 0 Å². The summed E-state index contributed by atoms with van der Waals surface area (Å²) >= 11 is 0. The van der Waals surface area contributed by atoms with Crippen LogP contribution in [-0.4, -0.2) is 58.9 Å². The molecule has 1 aromatic heterocycles. The van der Waals surface area contributed by atoms with E-state index in [9.17, 15) is 9.59 Å². The minimum absolute atomic E-state index is 0.0406. The maximum Gasteiger partial charge on any atom is 0.271 e. The number of nitrogens with zero attached hydrogens (tertiary/aromatic N) is 3. The molecule has 0 radical (unpaired) electrons. The minimum atomic E-state index is -0.310. The van der Waals surface area contributed by atoms with Crippen molar-refractivity contribution < 1.29 is 9.59 Å². The van der Waals surface area contributed by atoms with Gasteiger partial charge in [0, 0.05) is 44.5 Å². The van der Waals surface area contributed by atoms with E-state index in [0.717, 1.165) is 13.0 Å². The molecule has 0 aliphatic carbocycles. The third-order valence-electron chi connectivity index (χ3n) is 4.32. The summed E-state index contributed by atoms with van der Waals surface area (Å²) in [7, 11) is 0. The zero-order valence-electron chi connectivity index (χ0n) is 14.3. The number of carbonyl (C=O) groups is 2. The van der Waals surface area contributed by atoms with Gasteiger partial charge in [0.1, 0.15) is 5.69 Å². The van der Waals surface area contributed by atoms with Crippen molar-refractivity contribution in [2.45, 2.75) is 45.1 Å². The molecule has 132 valence electrons. The van der Waals surface area contributed by atoms with E-state index < -0.39 is 0 Å². The van der Waals surface area contributed by atoms with Crippen LogP contribution in [0.4, 0.5) is 0 Å². The van der Waals surface area contributed by atoms with Crippen molar-refractivity contribution in [3.8, 4) is 0 Å². The highest BCUT2D eigenvalue weighted by molar-refractivity contribution is 5.92. The number of carbonyl (C=O) groups excluding carboxylic acids is 2. The SMILES string of the molecule is CC1CCCCN1CCCNC(=O)CCNC(=O)c1cnccn1. The lowest BCUT2D eigenvalue weighted by molar-refractivity contribution is -0.120. The molecule has 7 nitrogen and oxygen atoms in total. The number of likely N-dealkylation sites (tertiary alicyclic amines) is 1. The number of piperidine rings is 1. The molecule has 0 bridgehead atoms. The summed E-state index contributed by atoms with van der Waals surface area (Å²) < 4.78 is 0. The predicted octanol–water partition coefficient (Wildman–Crippen LogP) is 0.977. The lowest BCUT2D eigenvalue weighted by Crippen LogP contribution is -2.39. The fourth-order valence-corrected chi connectivity index (χ4v) is 2.88. The Bertz CT molecular complexity index is 523. The highest BCUT2D eigenvalue weighted by atomic mass is 16.2. The van der Waals surface area contributed by atoms with Crippen molar-refractivity contribution in [3.63, 3.8) is 0 Å². The van der Waals surface area contributed by atoms with Gasteiger partial charge in [-0.15, -0.1) is 0 Å². The van der Waals surface area contributed by atoms with Crippen LogP contribution < -0.4 is 10.6 Å². The first-order chi connectivity index (χ1) is 11.7. The Hall–Kier alpha value is -2.02.